The Morgan fingerprint density at radius 3 is 2.73 bits per heavy atom. The van der Waals surface area contributed by atoms with Crippen LogP contribution in [-0.2, 0) is 20.8 Å². The number of anilines is 2. The molecule has 1 atom stereocenters. The Labute approximate surface area is 192 Å². The van der Waals surface area contributed by atoms with E-state index in [0.717, 1.165) is 22.4 Å². The van der Waals surface area contributed by atoms with Crippen LogP contribution in [0.5, 0.6) is 0 Å². The van der Waals surface area contributed by atoms with Gasteiger partial charge in [0.2, 0.25) is 0 Å². The number of carbonyl (C=O) groups excluding carboxylic acids is 2. The number of hydrogen-bond donors (Lipinski definition) is 3. The summed E-state index contributed by atoms with van der Waals surface area (Å²) in [5.74, 6) is -0.498. The second-order valence-corrected chi connectivity index (χ2v) is 7.59. The van der Waals surface area contributed by atoms with Crippen molar-refractivity contribution in [1.82, 2.24) is 4.98 Å². The van der Waals surface area contributed by atoms with Gasteiger partial charge in [-0.1, -0.05) is 18.2 Å². The first-order chi connectivity index (χ1) is 16.1. The summed E-state index contributed by atoms with van der Waals surface area (Å²) in [6.45, 7) is 1.71. The van der Waals surface area contributed by atoms with E-state index in [2.05, 4.69) is 15.6 Å². The molecule has 4 rings (SSSR count). The predicted octanol–water partition coefficient (Wildman–Crippen LogP) is 3.20. The number of ether oxygens (including phenoxy) is 2. The molecule has 1 saturated heterocycles. The van der Waals surface area contributed by atoms with Crippen LogP contribution in [0.25, 0.3) is 11.1 Å². The number of nitrogens with zero attached hydrogens (tertiary/aromatic N) is 1. The number of nitrogens with one attached hydrogen (secondary N) is 2. The van der Waals surface area contributed by atoms with Crippen molar-refractivity contribution in [3.8, 4) is 11.1 Å². The van der Waals surface area contributed by atoms with Crippen molar-refractivity contribution in [3.63, 3.8) is 0 Å². The third kappa shape index (κ3) is 5.74. The number of carbonyl (C=O) groups is 2. The maximum atomic E-state index is 12.7. The molecule has 0 saturated carbocycles. The van der Waals surface area contributed by atoms with Gasteiger partial charge in [0, 0.05) is 48.8 Å². The number of pyridine rings is 1. The van der Waals surface area contributed by atoms with Crippen LogP contribution < -0.4 is 16.4 Å². The zero-order valence-electron chi connectivity index (χ0n) is 18.1. The SMILES string of the molecule is NCc1ccc(C(=O)Nc2ccncc2)cc1-c1cccc(NCCOC2CCOC2=O)c1. The number of aromatic nitrogens is 1. The fraction of sp³-hybridized carbons (Fsp3) is 0.240. The highest BCUT2D eigenvalue weighted by Gasteiger charge is 2.26. The van der Waals surface area contributed by atoms with Gasteiger partial charge < -0.3 is 25.8 Å². The molecule has 4 N–H and O–H groups in total. The average Bonchev–Trinajstić information content (AvgIpc) is 3.26. The van der Waals surface area contributed by atoms with Crippen molar-refractivity contribution in [2.75, 3.05) is 30.4 Å². The van der Waals surface area contributed by atoms with E-state index in [4.69, 9.17) is 15.2 Å². The molecule has 1 aliphatic rings. The minimum atomic E-state index is -0.466. The van der Waals surface area contributed by atoms with E-state index in [1.54, 1.807) is 30.6 Å². The molecular weight excluding hydrogens is 420 g/mol. The molecule has 0 aliphatic carbocycles. The minimum Gasteiger partial charge on any atom is -0.464 e. The van der Waals surface area contributed by atoms with Crippen molar-refractivity contribution in [2.24, 2.45) is 5.73 Å². The zero-order valence-corrected chi connectivity index (χ0v) is 18.1. The molecule has 0 spiro atoms. The lowest BCUT2D eigenvalue weighted by molar-refractivity contribution is -0.147. The highest BCUT2D eigenvalue weighted by molar-refractivity contribution is 6.05. The van der Waals surface area contributed by atoms with Crippen LogP contribution in [0.4, 0.5) is 11.4 Å². The fourth-order valence-electron chi connectivity index (χ4n) is 3.62. The third-order valence-electron chi connectivity index (χ3n) is 5.34. The Bertz CT molecular complexity index is 1120. The first-order valence-electron chi connectivity index (χ1n) is 10.8. The van der Waals surface area contributed by atoms with Crippen molar-refractivity contribution >= 4 is 23.3 Å². The molecule has 1 aromatic heterocycles. The van der Waals surface area contributed by atoms with Crippen molar-refractivity contribution in [3.05, 3.63) is 78.1 Å². The van der Waals surface area contributed by atoms with Crippen LogP contribution in [0, 0.1) is 0 Å². The summed E-state index contributed by atoms with van der Waals surface area (Å²) < 4.78 is 10.5. The minimum absolute atomic E-state index is 0.206. The summed E-state index contributed by atoms with van der Waals surface area (Å²) in [6, 6.07) is 16.9. The van der Waals surface area contributed by atoms with E-state index in [9.17, 15) is 9.59 Å². The Hall–Kier alpha value is -3.75. The van der Waals surface area contributed by atoms with Gasteiger partial charge in [-0.15, -0.1) is 0 Å². The molecule has 1 aliphatic heterocycles. The van der Waals surface area contributed by atoms with Crippen LogP contribution in [0.3, 0.4) is 0 Å². The predicted molar refractivity (Wildman–Crippen MR) is 126 cm³/mol. The summed E-state index contributed by atoms with van der Waals surface area (Å²) in [6.07, 6.45) is 3.39. The summed E-state index contributed by atoms with van der Waals surface area (Å²) in [7, 11) is 0. The average molecular weight is 447 g/mol. The first-order valence-corrected chi connectivity index (χ1v) is 10.8. The molecular formula is C25H26N4O4. The molecule has 1 fully saturated rings. The van der Waals surface area contributed by atoms with Crippen molar-refractivity contribution < 1.29 is 19.1 Å². The maximum absolute atomic E-state index is 12.7. The van der Waals surface area contributed by atoms with E-state index < -0.39 is 6.10 Å². The molecule has 0 radical (unpaired) electrons. The van der Waals surface area contributed by atoms with Gasteiger partial charge in [0.15, 0.2) is 6.10 Å². The van der Waals surface area contributed by atoms with Gasteiger partial charge in [-0.2, -0.15) is 0 Å². The van der Waals surface area contributed by atoms with Crippen LogP contribution >= 0.6 is 0 Å². The maximum Gasteiger partial charge on any atom is 0.335 e. The zero-order chi connectivity index (χ0) is 23.0. The van der Waals surface area contributed by atoms with E-state index in [-0.39, 0.29) is 11.9 Å². The molecule has 8 nitrogen and oxygen atoms in total. The van der Waals surface area contributed by atoms with Crippen molar-refractivity contribution in [2.45, 2.75) is 19.1 Å². The molecule has 8 heteroatoms. The van der Waals surface area contributed by atoms with E-state index >= 15 is 0 Å². The number of hydrogen-bond acceptors (Lipinski definition) is 7. The van der Waals surface area contributed by atoms with Crippen molar-refractivity contribution in [1.29, 1.82) is 0 Å². The summed E-state index contributed by atoms with van der Waals surface area (Å²) in [5.41, 5.74) is 10.9. The fourth-order valence-corrected chi connectivity index (χ4v) is 3.62. The second kappa shape index (κ2) is 10.7. The lowest BCUT2D eigenvalue weighted by Gasteiger charge is -2.14. The van der Waals surface area contributed by atoms with Gasteiger partial charge >= 0.3 is 5.97 Å². The Balaban J connectivity index is 1.45. The number of esters is 1. The number of rotatable bonds is 9. The summed E-state index contributed by atoms with van der Waals surface area (Å²) in [5, 5.41) is 6.18. The Morgan fingerprint density at radius 2 is 1.97 bits per heavy atom. The number of amides is 1. The van der Waals surface area contributed by atoms with Crippen LogP contribution in [0.1, 0.15) is 22.3 Å². The summed E-state index contributed by atoms with van der Waals surface area (Å²) in [4.78, 5) is 28.2. The smallest absolute Gasteiger partial charge is 0.335 e. The quantitative estimate of drug-likeness (QED) is 0.341. The van der Waals surface area contributed by atoms with Gasteiger partial charge in [0.05, 0.1) is 13.2 Å². The molecule has 1 unspecified atom stereocenters. The molecule has 33 heavy (non-hydrogen) atoms. The standard InChI is InChI=1S/C25H26N4O4/c26-16-19-5-4-18(24(30)29-20-6-9-27-10-7-20)15-22(19)17-2-1-3-21(14-17)28-11-13-32-23-8-12-33-25(23)31/h1-7,9-10,14-15,23,28H,8,11-13,16,26H2,(H,27,29,30). The van der Waals surface area contributed by atoms with Gasteiger partial charge in [0.25, 0.3) is 5.91 Å². The van der Waals surface area contributed by atoms with E-state index in [0.29, 0.717) is 44.0 Å². The van der Waals surface area contributed by atoms with E-state index in [1.807, 2.05) is 36.4 Å². The molecule has 3 aromatic rings. The Morgan fingerprint density at radius 1 is 1.12 bits per heavy atom. The molecule has 0 bridgehead atoms. The van der Waals surface area contributed by atoms with Crippen LogP contribution in [0.2, 0.25) is 0 Å². The topological polar surface area (TPSA) is 116 Å². The first kappa shape index (κ1) is 22.4. The number of benzene rings is 2. The number of cyclic esters (lactones) is 1. The van der Waals surface area contributed by atoms with Gasteiger partial charge in [-0.05, 0) is 53.1 Å². The highest BCUT2D eigenvalue weighted by atomic mass is 16.6. The molecule has 2 heterocycles. The lowest BCUT2D eigenvalue weighted by atomic mass is 9.96. The lowest BCUT2D eigenvalue weighted by Crippen LogP contribution is -2.22. The number of nitrogens with two attached hydrogens (primary N) is 1. The Kier molecular flexibility index (Phi) is 7.29. The van der Waals surface area contributed by atoms with Crippen LogP contribution in [0.15, 0.2) is 67.0 Å². The molecule has 1 amide bonds. The molecule has 170 valence electrons. The normalized spacial score (nSPS) is 15.2. The van der Waals surface area contributed by atoms with Gasteiger partial charge in [-0.3, -0.25) is 9.78 Å². The largest absolute Gasteiger partial charge is 0.464 e. The van der Waals surface area contributed by atoms with Gasteiger partial charge in [0.1, 0.15) is 0 Å². The second-order valence-electron chi connectivity index (χ2n) is 7.59. The molecule has 2 aromatic carbocycles. The van der Waals surface area contributed by atoms with Gasteiger partial charge in [-0.25, -0.2) is 4.79 Å². The van der Waals surface area contributed by atoms with Crippen LogP contribution in [-0.4, -0.2) is 42.7 Å². The third-order valence-corrected chi connectivity index (χ3v) is 5.34. The summed E-state index contributed by atoms with van der Waals surface area (Å²) >= 11 is 0. The highest BCUT2D eigenvalue weighted by Crippen LogP contribution is 2.28. The monoisotopic (exact) mass is 446 g/mol. The van der Waals surface area contributed by atoms with E-state index in [1.165, 1.54) is 0 Å².